The summed E-state index contributed by atoms with van der Waals surface area (Å²) in [5.41, 5.74) is 13.0. The van der Waals surface area contributed by atoms with Crippen molar-refractivity contribution in [2.24, 2.45) is 17.4 Å². The molecule has 0 aliphatic rings. The van der Waals surface area contributed by atoms with Crippen LogP contribution < -0.4 is 38.1 Å². The molecule has 0 saturated carbocycles. The molecule has 292 valence electrons. The highest BCUT2D eigenvalue weighted by molar-refractivity contribution is 7.98. The van der Waals surface area contributed by atoms with Crippen molar-refractivity contribution in [2.75, 3.05) is 18.6 Å². The molecular formula is C37H55N7O8S. The number of carbonyl (C=O) groups excluding carboxylic acids is 5. The minimum absolute atomic E-state index is 0.0102. The first-order valence-corrected chi connectivity index (χ1v) is 19.1. The van der Waals surface area contributed by atoms with E-state index in [2.05, 4.69) is 26.6 Å². The van der Waals surface area contributed by atoms with Gasteiger partial charge in [0.1, 0.15) is 36.0 Å². The number of unbranched alkanes of at least 4 members (excludes halogenated alkanes) is 1. The Bertz CT molecular complexity index is 1500. The first kappa shape index (κ1) is 44.5. The van der Waals surface area contributed by atoms with E-state index in [0.29, 0.717) is 37.1 Å². The molecule has 0 bridgehead atoms. The normalized spacial score (nSPS) is 14.5. The van der Waals surface area contributed by atoms with Crippen molar-refractivity contribution in [1.82, 2.24) is 26.6 Å². The van der Waals surface area contributed by atoms with Gasteiger partial charge in [0.15, 0.2) is 0 Å². The van der Waals surface area contributed by atoms with Crippen LogP contribution in [-0.4, -0.2) is 101 Å². The Kier molecular flexibility index (Phi) is 19.4. The Hall–Kier alpha value is -4.67. The van der Waals surface area contributed by atoms with Crippen LogP contribution in [0.4, 0.5) is 0 Å². The van der Waals surface area contributed by atoms with Crippen LogP contribution in [0.2, 0.25) is 0 Å². The number of amides is 5. The third-order valence-electron chi connectivity index (χ3n) is 8.45. The first-order valence-electron chi connectivity index (χ1n) is 17.7. The highest BCUT2D eigenvalue weighted by Gasteiger charge is 2.32. The fourth-order valence-electron chi connectivity index (χ4n) is 5.27. The van der Waals surface area contributed by atoms with E-state index in [1.54, 1.807) is 68.1 Å². The smallest absolute Gasteiger partial charge is 0.326 e. The van der Waals surface area contributed by atoms with Crippen LogP contribution in [0.3, 0.4) is 0 Å². The number of carboxylic acids is 1. The van der Waals surface area contributed by atoms with E-state index in [-0.39, 0.29) is 25.0 Å². The maximum absolute atomic E-state index is 13.7. The van der Waals surface area contributed by atoms with Gasteiger partial charge in [0.2, 0.25) is 29.5 Å². The van der Waals surface area contributed by atoms with Crippen molar-refractivity contribution < 1.29 is 39.0 Å². The topological polar surface area (TPSA) is 255 Å². The number of aromatic hydroxyl groups is 1. The molecule has 0 aliphatic carbocycles. The second kappa shape index (κ2) is 23.1. The number of rotatable bonds is 23. The van der Waals surface area contributed by atoms with Crippen molar-refractivity contribution in [3.8, 4) is 5.75 Å². The molecule has 2 rings (SSSR count). The summed E-state index contributed by atoms with van der Waals surface area (Å²) >= 11 is 1.54. The first-order chi connectivity index (χ1) is 25.2. The molecular weight excluding hydrogens is 703 g/mol. The third-order valence-corrected chi connectivity index (χ3v) is 9.10. The van der Waals surface area contributed by atoms with E-state index >= 15 is 0 Å². The van der Waals surface area contributed by atoms with Crippen LogP contribution in [0, 0.1) is 5.92 Å². The molecule has 0 radical (unpaired) electrons. The number of thioether (sulfide) groups is 1. The van der Waals surface area contributed by atoms with Crippen molar-refractivity contribution >= 4 is 47.3 Å². The number of benzene rings is 2. The number of nitrogens with one attached hydrogen (secondary N) is 5. The Morgan fingerprint density at radius 3 is 1.83 bits per heavy atom. The van der Waals surface area contributed by atoms with Crippen molar-refractivity contribution in [3.63, 3.8) is 0 Å². The summed E-state index contributed by atoms with van der Waals surface area (Å²) in [4.78, 5) is 78.8. The monoisotopic (exact) mass is 757 g/mol. The summed E-state index contributed by atoms with van der Waals surface area (Å²) in [5.74, 6) is -4.29. The van der Waals surface area contributed by atoms with Crippen LogP contribution in [0.15, 0.2) is 54.6 Å². The van der Waals surface area contributed by atoms with Crippen LogP contribution in [-0.2, 0) is 41.6 Å². The Labute approximate surface area is 315 Å². The number of carbonyl (C=O) groups is 6. The van der Waals surface area contributed by atoms with Gasteiger partial charge in [-0.3, -0.25) is 24.0 Å². The van der Waals surface area contributed by atoms with Gasteiger partial charge >= 0.3 is 5.97 Å². The molecule has 0 heterocycles. The predicted octanol–water partition coefficient (Wildman–Crippen LogP) is 0.571. The average Bonchev–Trinajstić information content (AvgIpc) is 3.12. The largest absolute Gasteiger partial charge is 0.508 e. The maximum atomic E-state index is 13.7. The lowest BCUT2D eigenvalue weighted by Crippen LogP contribution is -2.59. The summed E-state index contributed by atoms with van der Waals surface area (Å²) in [6.07, 6.45) is 3.73. The molecule has 0 saturated heterocycles. The average molecular weight is 758 g/mol. The molecule has 11 N–H and O–H groups in total. The zero-order valence-corrected chi connectivity index (χ0v) is 31.6. The molecule has 6 atom stereocenters. The summed E-state index contributed by atoms with van der Waals surface area (Å²) in [6, 6.07) is 8.23. The Balaban J connectivity index is 2.19. The van der Waals surface area contributed by atoms with E-state index in [1.807, 2.05) is 6.26 Å². The van der Waals surface area contributed by atoms with E-state index in [9.17, 15) is 39.0 Å². The van der Waals surface area contributed by atoms with Gasteiger partial charge in [-0.1, -0.05) is 56.3 Å². The zero-order valence-electron chi connectivity index (χ0n) is 30.8. The quantitative estimate of drug-likeness (QED) is 0.0709. The second-order valence-electron chi connectivity index (χ2n) is 13.2. The maximum Gasteiger partial charge on any atom is 0.326 e. The van der Waals surface area contributed by atoms with E-state index < -0.39 is 77.7 Å². The van der Waals surface area contributed by atoms with E-state index in [1.165, 1.54) is 19.1 Å². The molecule has 0 fully saturated rings. The number of phenolic OH excluding ortho intramolecular Hbond substituents is 1. The fourth-order valence-corrected chi connectivity index (χ4v) is 5.76. The van der Waals surface area contributed by atoms with Gasteiger partial charge in [-0.25, -0.2) is 4.79 Å². The fraction of sp³-hybridized carbons (Fsp3) is 0.514. The number of phenols is 1. The molecule has 53 heavy (non-hydrogen) atoms. The molecule has 5 amide bonds. The Morgan fingerprint density at radius 1 is 0.679 bits per heavy atom. The van der Waals surface area contributed by atoms with Gasteiger partial charge < -0.3 is 48.3 Å². The van der Waals surface area contributed by atoms with Crippen molar-refractivity contribution in [3.05, 3.63) is 65.7 Å². The standard InChI is InChI=1S/C37H55N7O8S/c1-22(2)31(36(50)43-30(37(51)52)21-25-13-15-26(45)16-14-25)44-32(46)23(3)40-35(49)29(20-24-10-6-5-7-11-24)42-34(48)28(12-8-9-18-38)41-33(47)27(39)17-19-53-4/h5-7,10-11,13-16,22-23,27-31,45H,8-9,12,17-21,38-39H2,1-4H3,(H,40,49)(H,41,47)(H,42,48)(H,43,50)(H,44,46)(H,51,52). The van der Waals surface area contributed by atoms with E-state index in [0.717, 1.165) is 5.56 Å². The highest BCUT2D eigenvalue weighted by atomic mass is 32.2. The van der Waals surface area contributed by atoms with Crippen LogP contribution in [0.5, 0.6) is 5.75 Å². The van der Waals surface area contributed by atoms with E-state index in [4.69, 9.17) is 11.5 Å². The van der Waals surface area contributed by atoms with Gasteiger partial charge in [-0.15, -0.1) is 0 Å². The van der Waals surface area contributed by atoms with Crippen LogP contribution in [0.1, 0.15) is 57.6 Å². The van der Waals surface area contributed by atoms with Gasteiger partial charge in [0, 0.05) is 12.8 Å². The van der Waals surface area contributed by atoms with Crippen LogP contribution >= 0.6 is 11.8 Å². The molecule has 16 heteroatoms. The molecule has 0 aromatic heterocycles. The van der Waals surface area contributed by atoms with Gasteiger partial charge in [0.05, 0.1) is 6.04 Å². The summed E-state index contributed by atoms with van der Waals surface area (Å²) in [7, 11) is 0. The van der Waals surface area contributed by atoms with Crippen LogP contribution in [0.25, 0.3) is 0 Å². The summed E-state index contributed by atoms with van der Waals surface area (Å²) in [5, 5.41) is 32.5. The second-order valence-corrected chi connectivity index (χ2v) is 14.2. The minimum atomic E-state index is -1.32. The lowest BCUT2D eigenvalue weighted by molar-refractivity contribution is -0.142. The number of hydrogen-bond acceptors (Lipinski definition) is 10. The Morgan fingerprint density at radius 2 is 1.25 bits per heavy atom. The predicted molar refractivity (Wildman–Crippen MR) is 204 cm³/mol. The summed E-state index contributed by atoms with van der Waals surface area (Å²) < 4.78 is 0. The van der Waals surface area contributed by atoms with Gasteiger partial charge in [-0.05, 0) is 80.3 Å². The minimum Gasteiger partial charge on any atom is -0.508 e. The van der Waals surface area contributed by atoms with Gasteiger partial charge in [0.25, 0.3) is 0 Å². The molecule has 0 spiro atoms. The lowest BCUT2D eigenvalue weighted by atomic mass is 10.0. The highest BCUT2D eigenvalue weighted by Crippen LogP contribution is 2.13. The molecule has 2 aromatic carbocycles. The van der Waals surface area contributed by atoms with Crippen molar-refractivity contribution in [2.45, 2.75) is 95.5 Å². The zero-order chi connectivity index (χ0) is 39.5. The lowest BCUT2D eigenvalue weighted by Gasteiger charge is -2.27. The molecule has 6 unspecified atom stereocenters. The number of nitrogens with two attached hydrogens (primary N) is 2. The molecule has 15 nitrogen and oxygen atoms in total. The summed E-state index contributed by atoms with van der Waals surface area (Å²) in [6.45, 7) is 5.16. The molecule has 2 aromatic rings. The number of aliphatic carboxylic acids is 1. The molecule has 0 aliphatic heterocycles. The SMILES string of the molecule is CSCCC(N)C(=O)NC(CCCCN)C(=O)NC(Cc1ccccc1)C(=O)NC(C)C(=O)NC(C(=O)NC(Cc1ccc(O)cc1)C(=O)O)C(C)C. The number of hydrogen-bond donors (Lipinski definition) is 9. The third kappa shape index (κ3) is 15.9. The number of carboxylic acid groups (broad SMARTS) is 1. The van der Waals surface area contributed by atoms with Gasteiger partial charge in [-0.2, -0.15) is 11.8 Å². The van der Waals surface area contributed by atoms with Crippen molar-refractivity contribution in [1.29, 1.82) is 0 Å².